The molecule has 0 bridgehead atoms. The van der Waals surface area contributed by atoms with E-state index >= 15 is 0 Å². The molecule has 1 rings (SSSR count). The molecule has 108 valence electrons. The van der Waals surface area contributed by atoms with Crippen LogP contribution in [0.15, 0.2) is 17.1 Å². The van der Waals surface area contributed by atoms with Crippen LogP contribution in [0.25, 0.3) is 0 Å². The number of aromatic nitrogens is 2. The summed E-state index contributed by atoms with van der Waals surface area (Å²) in [7, 11) is 0. The Balaban J connectivity index is 2.65. The Morgan fingerprint density at radius 2 is 2.05 bits per heavy atom. The van der Waals surface area contributed by atoms with E-state index < -0.39 is 0 Å². The van der Waals surface area contributed by atoms with Crippen LogP contribution in [0.4, 0.5) is 5.69 Å². The third-order valence-corrected chi connectivity index (χ3v) is 3.36. The van der Waals surface area contributed by atoms with E-state index in [1.807, 2.05) is 6.92 Å². The van der Waals surface area contributed by atoms with Gasteiger partial charge in [0, 0.05) is 25.7 Å². The SMILES string of the molecule is CCC(O)CCCn1ncc(N(CC)CC)cc1=O. The fourth-order valence-corrected chi connectivity index (χ4v) is 2.03. The van der Waals surface area contributed by atoms with Crippen LogP contribution in [-0.2, 0) is 6.54 Å². The molecule has 5 heteroatoms. The fourth-order valence-electron chi connectivity index (χ4n) is 2.03. The van der Waals surface area contributed by atoms with E-state index in [0.717, 1.165) is 31.6 Å². The van der Waals surface area contributed by atoms with Crippen molar-refractivity contribution in [1.29, 1.82) is 0 Å². The van der Waals surface area contributed by atoms with E-state index in [1.54, 1.807) is 12.3 Å². The van der Waals surface area contributed by atoms with Gasteiger partial charge in [-0.3, -0.25) is 4.79 Å². The van der Waals surface area contributed by atoms with E-state index in [4.69, 9.17) is 0 Å². The molecule has 0 saturated heterocycles. The molecular weight excluding hydrogens is 242 g/mol. The van der Waals surface area contributed by atoms with Gasteiger partial charge in [0.05, 0.1) is 18.0 Å². The van der Waals surface area contributed by atoms with Crippen LogP contribution in [0.1, 0.15) is 40.0 Å². The summed E-state index contributed by atoms with van der Waals surface area (Å²) in [6, 6.07) is 1.64. The van der Waals surface area contributed by atoms with Gasteiger partial charge in [-0.05, 0) is 33.1 Å². The first kappa shape index (κ1) is 15.7. The van der Waals surface area contributed by atoms with Crippen molar-refractivity contribution in [1.82, 2.24) is 9.78 Å². The summed E-state index contributed by atoms with van der Waals surface area (Å²) in [5, 5.41) is 13.7. The average Bonchev–Trinajstić information content (AvgIpc) is 2.42. The molecule has 0 aliphatic heterocycles. The van der Waals surface area contributed by atoms with Crippen molar-refractivity contribution in [3.05, 3.63) is 22.6 Å². The van der Waals surface area contributed by atoms with Gasteiger partial charge in [0.1, 0.15) is 0 Å². The lowest BCUT2D eigenvalue weighted by molar-refractivity contribution is 0.155. The smallest absolute Gasteiger partial charge is 0.268 e. The standard InChI is InChI=1S/C14H25N3O2/c1-4-13(18)8-7-9-17-14(19)10-12(11-15-17)16(5-2)6-3/h10-11,13,18H,4-9H2,1-3H3. The molecule has 0 aliphatic rings. The van der Waals surface area contributed by atoms with Crippen LogP contribution in [-0.4, -0.2) is 34.1 Å². The van der Waals surface area contributed by atoms with E-state index in [1.165, 1.54) is 4.68 Å². The maximum atomic E-state index is 11.9. The molecule has 0 aliphatic carbocycles. The van der Waals surface area contributed by atoms with Gasteiger partial charge in [0.2, 0.25) is 0 Å². The number of hydrogen-bond donors (Lipinski definition) is 1. The van der Waals surface area contributed by atoms with Gasteiger partial charge >= 0.3 is 0 Å². The molecular formula is C14H25N3O2. The lowest BCUT2D eigenvalue weighted by Crippen LogP contribution is -2.28. The molecule has 19 heavy (non-hydrogen) atoms. The van der Waals surface area contributed by atoms with Crippen LogP contribution in [0.5, 0.6) is 0 Å². The van der Waals surface area contributed by atoms with Crippen LogP contribution >= 0.6 is 0 Å². The molecule has 0 saturated carbocycles. The minimum Gasteiger partial charge on any atom is -0.393 e. The first-order valence-corrected chi connectivity index (χ1v) is 7.12. The second-order valence-corrected chi connectivity index (χ2v) is 4.65. The molecule has 1 aromatic heterocycles. The first-order valence-electron chi connectivity index (χ1n) is 7.12. The van der Waals surface area contributed by atoms with Gasteiger partial charge in [-0.15, -0.1) is 0 Å². The number of hydrogen-bond acceptors (Lipinski definition) is 4. The van der Waals surface area contributed by atoms with Crippen LogP contribution in [0, 0.1) is 0 Å². The highest BCUT2D eigenvalue weighted by Crippen LogP contribution is 2.08. The number of aliphatic hydroxyl groups excluding tert-OH is 1. The van der Waals surface area contributed by atoms with Crippen LogP contribution < -0.4 is 10.5 Å². The van der Waals surface area contributed by atoms with Crippen LogP contribution in [0.2, 0.25) is 0 Å². The third-order valence-electron chi connectivity index (χ3n) is 3.36. The van der Waals surface area contributed by atoms with E-state index in [9.17, 15) is 9.90 Å². The highest BCUT2D eigenvalue weighted by molar-refractivity contribution is 5.42. The van der Waals surface area contributed by atoms with Gasteiger partial charge in [-0.2, -0.15) is 5.10 Å². The lowest BCUT2D eigenvalue weighted by Gasteiger charge is -2.20. The Bertz CT molecular complexity index is 427. The number of aliphatic hydroxyl groups is 1. The van der Waals surface area contributed by atoms with Gasteiger partial charge in [0.15, 0.2) is 0 Å². The Morgan fingerprint density at radius 1 is 1.37 bits per heavy atom. The van der Waals surface area contributed by atoms with E-state index in [0.29, 0.717) is 13.0 Å². The molecule has 0 spiro atoms. The number of rotatable bonds is 8. The highest BCUT2D eigenvalue weighted by Gasteiger charge is 2.06. The predicted molar refractivity (Wildman–Crippen MR) is 77.6 cm³/mol. The van der Waals surface area contributed by atoms with E-state index in [-0.39, 0.29) is 11.7 Å². The maximum absolute atomic E-state index is 11.9. The summed E-state index contributed by atoms with van der Waals surface area (Å²) >= 11 is 0. The van der Waals surface area contributed by atoms with Crippen molar-refractivity contribution in [2.45, 2.75) is 52.7 Å². The van der Waals surface area contributed by atoms with Crippen molar-refractivity contribution < 1.29 is 5.11 Å². The molecule has 1 unspecified atom stereocenters. The fraction of sp³-hybridized carbons (Fsp3) is 0.714. The van der Waals surface area contributed by atoms with Gasteiger partial charge in [-0.1, -0.05) is 6.92 Å². The van der Waals surface area contributed by atoms with Gasteiger partial charge in [-0.25, -0.2) is 4.68 Å². The summed E-state index contributed by atoms with van der Waals surface area (Å²) in [5.74, 6) is 0. The molecule has 0 fully saturated rings. The first-order chi connectivity index (χ1) is 9.12. The topological polar surface area (TPSA) is 58.4 Å². The summed E-state index contributed by atoms with van der Waals surface area (Å²) in [6.07, 6.45) is 3.70. The second kappa shape index (κ2) is 7.94. The molecule has 1 heterocycles. The largest absolute Gasteiger partial charge is 0.393 e. The Labute approximate surface area is 114 Å². The van der Waals surface area contributed by atoms with Crippen molar-refractivity contribution in [2.75, 3.05) is 18.0 Å². The van der Waals surface area contributed by atoms with Gasteiger partial charge < -0.3 is 10.0 Å². The van der Waals surface area contributed by atoms with Crippen molar-refractivity contribution >= 4 is 5.69 Å². The zero-order chi connectivity index (χ0) is 14.3. The highest BCUT2D eigenvalue weighted by atomic mass is 16.3. The molecule has 5 nitrogen and oxygen atoms in total. The van der Waals surface area contributed by atoms with Crippen molar-refractivity contribution in [2.24, 2.45) is 0 Å². The number of aryl methyl sites for hydroxylation is 1. The maximum Gasteiger partial charge on any atom is 0.268 e. The Hall–Kier alpha value is -1.36. The summed E-state index contributed by atoms with van der Waals surface area (Å²) in [4.78, 5) is 14.0. The number of anilines is 1. The number of nitrogens with zero attached hydrogens (tertiary/aromatic N) is 3. The van der Waals surface area contributed by atoms with Crippen LogP contribution in [0.3, 0.4) is 0 Å². The molecule has 0 radical (unpaired) electrons. The normalized spacial score (nSPS) is 12.4. The lowest BCUT2D eigenvalue weighted by atomic mass is 10.1. The summed E-state index contributed by atoms with van der Waals surface area (Å²) < 4.78 is 1.47. The monoisotopic (exact) mass is 267 g/mol. The zero-order valence-electron chi connectivity index (χ0n) is 12.2. The molecule has 0 aromatic carbocycles. The molecule has 1 N–H and O–H groups in total. The third kappa shape index (κ3) is 4.67. The quantitative estimate of drug-likeness (QED) is 0.778. The minimum absolute atomic E-state index is 0.0737. The van der Waals surface area contributed by atoms with E-state index in [2.05, 4.69) is 23.8 Å². The summed E-state index contributed by atoms with van der Waals surface area (Å²) in [5.41, 5.74) is 0.801. The zero-order valence-corrected chi connectivity index (χ0v) is 12.2. The Kier molecular flexibility index (Phi) is 6.56. The molecule has 0 amide bonds. The molecule has 1 atom stereocenters. The Morgan fingerprint density at radius 3 is 2.58 bits per heavy atom. The average molecular weight is 267 g/mol. The van der Waals surface area contributed by atoms with Crippen molar-refractivity contribution in [3.8, 4) is 0 Å². The predicted octanol–water partition coefficient (Wildman–Crippen LogP) is 1.64. The second-order valence-electron chi connectivity index (χ2n) is 4.65. The molecule has 1 aromatic rings. The summed E-state index contributed by atoms with van der Waals surface area (Å²) in [6.45, 7) is 8.36. The van der Waals surface area contributed by atoms with Gasteiger partial charge in [0.25, 0.3) is 5.56 Å². The minimum atomic E-state index is -0.273. The van der Waals surface area contributed by atoms with Crippen molar-refractivity contribution in [3.63, 3.8) is 0 Å².